The summed E-state index contributed by atoms with van der Waals surface area (Å²) in [6.07, 6.45) is 2.07. The van der Waals surface area contributed by atoms with Gasteiger partial charge in [0.2, 0.25) is 11.7 Å². The van der Waals surface area contributed by atoms with Crippen LogP contribution in [0, 0.1) is 5.82 Å². The Morgan fingerprint density at radius 3 is 3.00 bits per heavy atom. The lowest BCUT2D eigenvalue weighted by Crippen LogP contribution is -2.04. The molecule has 0 amide bonds. The van der Waals surface area contributed by atoms with E-state index < -0.39 is 11.8 Å². The number of carboxylic acids is 1. The molecule has 20 heavy (non-hydrogen) atoms. The molecule has 0 atom stereocenters. The average Bonchev–Trinajstić information content (AvgIpc) is 3.15. The molecule has 1 heterocycles. The Balaban J connectivity index is 1.73. The van der Waals surface area contributed by atoms with Crippen LogP contribution in [-0.2, 0) is 6.61 Å². The zero-order valence-electron chi connectivity index (χ0n) is 10.4. The fraction of sp³-hybridized carbons (Fsp3) is 0.308. The van der Waals surface area contributed by atoms with E-state index in [9.17, 15) is 9.18 Å². The van der Waals surface area contributed by atoms with E-state index in [0.29, 0.717) is 17.6 Å². The highest BCUT2D eigenvalue weighted by Gasteiger charge is 2.29. The molecule has 0 saturated heterocycles. The monoisotopic (exact) mass is 278 g/mol. The van der Waals surface area contributed by atoms with Crippen LogP contribution in [0.25, 0.3) is 0 Å². The maximum absolute atomic E-state index is 13.1. The van der Waals surface area contributed by atoms with Crippen molar-refractivity contribution in [3.8, 4) is 5.75 Å². The van der Waals surface area contributed by atoms with Gasteiger partial charge in [-0.15, -0.1) is 0 Å². The molecule has 1 N–H and O–H groups in total. The third-order valence-corrected chi connectivity index (χ3v) is 2.94. The lowest BCUT2D eigenvalue weighted by atomic mass is 10.2. The number of aromatic nitrogens is 2. The van der Waals surface area contributed by atoms with Gasteiger partial charge in [-0.25, -0.2) is 9.18 Å². The Morgan fingerprint density at radius 2 is 2.30 bits per heavy atom. The normalized spacial score (nSPS) is 14.2. The molecule has 1 aliphatic carbocycles. The number of hydrogen-bond donors (Lipinski definition) is 1. The smallest absolute Gasteiger partial charge is 0.339 e. The Hall–Kier alpha value is -2.44. The van der Waals surface area contributed by atoms with E-state index in [-0.39, 0.29) is 17.9 Å². The summed E-state index contributed by atoms with van der Waals surface area (Å²) in [5.41, 5.74) is -0.114. The maximum Gasteiger partial charge on any atom is 0.339 e. The molecule has 7 heteroatoms. The molecule has 0 bridgehead atoms. The van der Waals surface area contributed by atoms with Crippen molar-refractivity contribution in [2.24, 2.45) is 0 Å². The van der Waals surface area contributed by atoms with Crippen LogP contribution < -0.4 is 4.74 Å². The summed E-state index contributed by atoms with van der Waals surface area (Å²) < 4.78 is 23.5. The molecule has 1 aliphatic rings. The second-order valence-corrected chi connectivity index (χ2v) is 4.56. The van der Waals surface area contributed by atoms with Crippen molar-refractivity contribution in [1.29, 1.82) is 0 Å². The minimum atomic E-state index is -1.19. The Kier molecular flexibility index (Phi) is 3.09. The van der Waals surface area contributed by atoms with Gasteiger partial charge in [-0.3, -0.25) is 0 Å². The molecule has 104 valence electrons. The molecule has 0 unspecified atom stereocenters. The predicted octanol–water partition coefficient (Wildman–Crippen LogP) is 2.36. The minimum absolute atomic E-state index is 0.0599. The second kappa shape index (κ2) is 4.92. The summed E-state index contributed by atoms with van der Waals surface area (Å²) in [6, 6.07) is 3.24. The van der Waals surface area contributed by atoms with Crippen LogP contribution in [0.5, 0.6) is 5.75 Å². The minimum Gasteiger partial charge on any atom is -0.484 e. The lowest BCUT2D eigenvalue weighted by Gasteiger charge is -2.06. The molecule has 2 aromatic rings. The molecule has 1 aromatic heterocycles. The van der Waals surface area contributed by atoms with Crippen LogP contribution in [0.15, 0.2) is 22.7 Å². The van der Waals surface area contributed by atoms with E-state index in [1.165, 1.54) is 0 Å². The second-order valence-electron chi connectivity index (χ2n) is 4.56. The topological polar surface area (TPSA) is 85.5 Å². The largest absolute Gasteiger partial charge is 0.484 e. The van der Waals surface area contributed by atoms with E-state index in [0.717, 1.165) is 31.0 Å². The molecule has 0 radical (unpaired) electrons. The number of benzene rings is 1. The number of ether oxygens (including phenoxy) is 1. The molecule has 1 aromatic carbocycles. The van der Waals surface area contributed by atoms with Gasteiger partial charge in [-0.05, 0) is 25.0 Å². The third-order valence-electron chi connectivity index (χ3n) is 2.94. The van der Waals surface area contributed by atoms with Gasteiger partial charge in [-0.1, -0.05) is 5.16 Å². The number of nitrogens with zero attached hydrogens (tertiary/aromatic N) is 2. The quantitative estimate of drug-likeness (QED) is 0.903. The van der Waals surface area contributed by atoms with Crippen molar-refractivity contribution in [2.45, 2.75) is 25.4 Å². The summed E-state index contributed by atoms with van der Waals surface area (Å²) in [7, 11) is 0. The standard InChI is InChI=1S/C13H11FN2O4/c14-8-3-4-9(13(17)18)10(5-8)19-6-11-15-12(20-16-11)7-1-2-7/h3-5,7H,1-2,6H2,(H,17,18). The van der Waals surface area contributed by atoms with Crippen molar-refractivity contribution in [3.63, 3.8) is 0 Å². The lowest BCUT2D eigenvalue weighted by molar-refractivity contribution is 0.0691. The molecule has 3 rings (SSSR count). The van der Waals surface area contributed by atoms with Crippen molar-refractivity contribution in [3.05, 3.63) is 41.3 Å². The van der Waals surface area contributed by atoms with Gasteiger partial charge < -0.3 is 14.4 Å². The molecular formula is C13H11FN2O4. The van der Waals surface area contributed by atoms with Crippen LogP contribution >= 0.6 is 0 Å². The van der Waals surface area contributed by atoms with Crippen LogP contribution in [0.4, 0.5) is 4.39 Å². The van der Waals surface area contributed by atoms with E-state index >= 15 is 0 Å². The SMILES string of the molecule is O=C(O)c1ccc(F)cc1OCc1noc(C2CC2)n1. The summed E-state index contributed by atoms with van der Waals surface area (Å²) in [5.74, 6) is -0.604. The van der Waals surface area contributed by atoms with Gasteiger partial charge in [0.25, 0.3) is 0 Å². The first-order valence-corrected chi connectivity index (χ1v) is 6.11. The fourth-order valence-corrected chi connectivity index (χ4v) is 1.76. The molecule has 1 fully saturated rings. The highest BCUT2D eigenvalue weighted by molar-refractivity contribution is 5.90. The first-order chi connectivity index (χ1) is 9.63. The molecular weight excluding hydrogens is 267 g/mol. The Labute approximate surface area is 113 Å². The van der Waals surface area contributed by atoms with Gasteiger partial charge in [-0.2, -0.15) is 4.98 Å². The number of hydrogen-bond acceptors (Lipinski definition) is 5. The van der Waals surface area contributed by atoms with Crippen molar-refractivity contribution < 1.29 is 23.6 Å². The van der Waals surface area contributed by atoms with E-state index in [4.69, 9.17) is 14.4 Å². The predicted molar refractivity (Wildman–Crippen MR) is 64.0 cm³/mol. The van der Waals surface area contributed by atoms with E-state index in [2.05, 4.69) is 10.1 Å². The maximum atomic E-state index is 13.1. The van der Waals surface area contributed by atoms with Gasteiger partial charge in [0.05, 0.1) is 0 Å². The summed E-state index contributed by atoms with van der Waals surface area (Å²) in [6.45, 7) is -0.0695. The molecule has 6 nitrogen and oxygen atoms in total. The van der Waals surface area contributed by atoms with Gasteiger partial charge >= 0.3 is 5.97 Å². The third kappa shape index (κ3) is 2.61. The first-order valence-electron chi connectivity index (χ1n) is 6.11. The van der Waals surface area contributed by atoms with Gasteiger partial charge in [0, 0.05) is 12.0 Å². The summed E-state index contributed by atoms with van der Waals surface area (Å²) in [4.78, 5) is 15.1. The zero-order valence-corrected chi connectivity index (χ0v) is 10.4. The molecule has 0 spiro atoms. The Bertz CT molecular complexity index is 652. The number of carboxylic acid groups (broad SMARTS) is 1. The van der Waals surface area contributed by atoms with Crippen molar-refractivity contribution in [2.75, 3.05) is 0 Å². The van der Waals surface area contributed by atoms with Gasteiger partial charge in [0.15, 0.2) is 6.61 Å². The van der Waals surface area contributed by atoms with Crippen LogP contribution in [0.3, 0.4) is 0 Å². The molecule has 1 saturated carbocycles. The average molecular weight is 278 g/mol. The zero-order chi connectivity index (χ0) is 14.1. The molecule has 0 aliphatic heterocycles. The van der Waals surface area contributed by atoms with E-state index in [1.807, 2.05) is 0 Å². The highest BCUT2D eigenvalue weighted by atomic mass is 19.1. The summed E-state index contributed by atoms with van der Waals surface area (Å²) in [5, 5.41) is 12.7. The first kappa shape index (κ1) is 12.6. The summed E-state index contributed by atoms with van der Waals surface area (Å²) >= 11 is 0. The fourth-order valence-electron chi connectivity index (χ4n) is 1.76. The van der Waals surface area contributed by atoms with E-state index in [1.54, 1.807) is 0 Å². The van der Waals surface area contributed by atoms with Crippen LogP contribution in [0.2, 0.25) is 0 Å². The highest BCUT2D eigenvalue weighted by Crippen LogP contribution is 2.38. The number of carbonyl (C=O) groups is 1. The number of aromatic carboxylic acids is 1. The van der Waals surface area contributed by atoms with Crippen LogP contribution in [0.1, 0.15) is 40.8 Å². The Morgan fingerprint density at radius 1 is 1.50 bits per heavy atom. The van der Waals surface area contributed by atoms with Crippen molar-refractivity contribution in [1.82, 2.24) is 10.1 Å². The van der Waals surface area contributed by atoms with Crippen molar-refractivity contribution >= 4 is 5.97 Å². The van der Waals surface area contributed by atoms with Gasteiger partial charge in [0.1, 0.15) is 17.1 Å². The number of rotatable bonds is 5. The van der Waals surface area contributed by atoms with Crippen LogP contribution in [-0.4, -0.2) is 21.2 Å². The number of halogens is 1.